The summed E-state index contributed by atoms with van der Waals surface area (Å²) in [7, 11) is 0. The van der Waals surface area contributed by atoms with Gasteiger partial charge in [-0.2, -0.15) is 0 Å². The van der Waals surface area contributed by atoms with Crippen LogP contribution in [0, 0.1) is 6.92 Å². The first-order valence-corrected chi connectivity index (χ1v) is 4.69. The largest absolute Gasteiger partial charge is 0.460 e. The number of aryl methyl sites for hydroxylation is 1. The van der Waals surface area contributed by atoms with E-state index in [0.717, 1.165) is 0 Å². The third-order valence-electron chi connectivity index (χ3n) is 2.07. The molecule has 0 unspecified atom stereocenters. The summed E-state index contributed by atoms with van der Waals surface area (Å²) in [5, 5.41) is 0.677. The summed E-state index contributed by atoms with van der Waals surface area (Å²) < 4.78 is 5.33. The second kappa shape index (κ2) is 3.51. The molecule has 0 fully saturated rings. The molecule has 1 heterocycles. The number of rotatable bonds is 1. The van der Waals surface area contributed by atoms with Crippen LogP contribution in [0.4, 0.5) is 0 Å². The fraction of sp³-hybridized carbons (Fsp3) is 0.0909. The average molecular weight is 223 g/mol. The standard InChI is InChI=1S/C11H7ClO3/c1-6-2-10(14)9-4-8(12)3-7(5-13)11(9)15-6/h2-5H,1H3. The molecule has 0 atom stereocenters. The minimum atomic E-state index is -0.195. The molecular formula is C11H7ClO3. The van der Waals surface area contributed by atoms with Crippen LogP contribution in [0.5, 0.6) is 0 Å². The van der Waals surface area contributed by atoms with Crippen LogP contribution in [0.15, 0.2) is 27.4 Å². The van der Waals surface area contributed by atoms with Crippen LogP contribution < -0.4 is 5.43 Å². The molecule has 0 radical (unpaired) electrons. The van der Waals surface area contributed by atoms with E-state index in [-0.39, 0.29) is 5.43 Å². The van der Waals surface area contributed by atoms with Crippen molar-refractivity contribution in [2.75, 3.05) is 0 Å². The van der Waals surface area contributed by atoms with Gasteiger partial charge in [0.05, 0.1) is 10.9 Å². The second-order valence-corrected chi connectivity index (χ2v) is 3.65. The lowest BCUT2D eigenvalue weighted by atomic mass is 10.1. The number of aldehydes is 1. The van der Waals surface area contributed by atoms with Crippen molar-refractivity contribution < 1.29 is 9.21 Å². The summed E-state index contributed by atoms with van der Waals surface area (Å²) in [5.74, 6) is 0.470. The number of halogens is 1. The summed E-state index contributed by atoms with van der Waals surface area (Å²) in [4.78, 5) is 22.4. The van der Waals surface area contributed by atoms with Crippen molar-refractivity contribution in [3.8, 4) is 0 Å². The zero-order valence-corrected chi connectivity index (χ0v) is 8.67. The van der Waals surface area contributed by atoms with Crippen molar-refractivity contribution in [2.24, 2.45) is 0 Å². The van der Waals surface area contributed by atoms with E-state index in [9.17, 15) is 9.59 Å². The van der Waals surface area contributed by atoms with E-state index < -0.39 is 0 Å². The molecule has 4 heteroatoms. The molecule has 2 aromatic rings. The van der Waals surface area contributed by atoms with Gasteiger partial charge in [-0.25, -0.2) is 0 Å². The lowest BCUT2D eigenvalue weighted by Gasteiger charge is -2.01. The maximum Gasteiger partial charge on any atom is 0.193 e. The molecule has 2 rings (SSSR count). The molecule has 0 bridgehead atoms. The minimum Gasteiger partial charge on any atom is -0.460 e. The molecule has 0 N–H and O–H groups in total. The van der Waals surface area contributed by atoms with Gasteiger partial charge >= 0.3 is 0 Å². The highest BCUT2D eigenvalue weighted by molar-refractivity contribution is 6.31. The Labute approximate surface area is 90.3 Å². The van der Waals surface area contributed by atoms with E-state index >= 15 is 0 Å². The highest BCUT2D eigenvalue weighted by Crippen LogP contribution is 2.21. The Kier molecular flexibility index (Phi) is 2.32. The zero-order valence-electron chi connectivity index (χ0n) is 7.91. The van der Waals surface area contributed by atoms with Crippen molar-refractivity contribution in [3.63, 3.8) is 0 Å². The molecule has 0 aliphatic rings. The predicted octanol–water partition coefficient (Wildman–Crippen LogP) is 2.57. The van der Waals surface area contributed by atoms with Crippen LogP contribution >= 0.6 is 11.6 Å². The maximum absolute atomic E-state index is 11.6. The number of hydrogen-bond acceptors (Lipinski definition) is 3. The van der Waals surface area contributed by atoms with Gasteiger partial charge < -0.3 is 4.42 Å². The van der Waals surface area contributed by atoms with Crippen LogP contribution in [0.2, 0.25) is 5.02 Å². The van der Waals surface area contributed by atoms with Crippen LogP contribution in [-0.4, -0.2) is 6.29 Å². The molecule has 76 valence electrons. The molecule has 0 saturated heterocycles. The van der Waals surface area contributed by atoms with E-state index in [2.05, 4.69) is 0 Å². The quantitative estimate of drug-likeness (QED) is 0.697. The van der Waals surface area contributed by atoms with Crippen molar-refractivity contribution in [3.05, 3.63) is 44.8 Å². The van der Waals surface area contributed by atoms with E-state index in [1.54, 1.807) is 6.92 Å². The van der Waals surface area contributed by atoms with Gasteiger partial charge in [0, 0.05) is 11.1 Å². The second-order valence-electron chi connectivity index (χ2n) is 3.21. The monoisotopic (exact) mass is 222 g/mol. The highest BCUT2D eigenvalue weighted by Gasteiger charge is 2.08. The molecule has 0 aliphatic heterocycles. The molecule has 0 aliphatic carbocycles. The summed E-state index contributed by atoms with van der Waals surface area (Å²) in [5.41, 5.74) is 0.386. The van der Waals surface area contributed by atoms with E-state index in [1.807, 2.05) is 0 Å². The third-order valence-corrected chi connectivity index (χ3v) is 2.29. The van der Waals surface area contributed by atoms with Crippen molar-refractivity contribution in [1.82, 2.24) is 0 Å². The van der Waals surface area contributed by atoms with Gasteiger partial charge in [0.1, 0.15) is 11.3 Å². The number of benzene rings is 1. The first-order valence-electron chi connectivity index (χ1n) is 4.31. The Bertz CT molecular complexity index is 599. The van der Waals surface area contributed by atoms with Gasteiger partial charge in [-0.3, -0.25) is 9.59 Å². The van der Waals surface area contributed by atoms with Gasteiger partial charge in [0.15, 0.2) is 11.7 Å². The Morgan fingerprint density at radius 2 is 2.07 bits per heavy atom. The number of carbonyl (C=O) groups excluding carboxylic acids is 1. The van der Waals surface area contributed by atoms with E-state index in [4.69, 9.17) is 16.0 Å². The SMILES string of the molecule is Cc1cc(=O)c2cc(Cl)cc(C=O)c2o1. The average Bonchev–Trinajstić information content (AvgIpc) is 2.18. The minimum absolute atomic E-state index is 0.195. The lowest BCUT2D eigenvalue weighted by molar-refractivity contribution is 0.112. The summed E-state index contributed by atoms with van der Waals surface area (Å²) >= 11 is 5.77. The fourth-order valence-electron chi connectivity index (χ4n) is 1.45. The lowest BCUT2D eigenvalue weighted by Crippen LogP contribution is -2.01. The van der Waals surface area contributed by atoms with Gasteiger partial charge in [0.2, 0.25) is 0 Å². The number of hydrogen-bond donors (Lipinski definition) is 0. The molecule has 1 aromatic heterocycles. The molecule has 3 nitrogen and oxygen atoms in total. The number of fused-ring (bicyclic) bond motifs is 1. The van der Waals surface area contributed by atoms with Crippen molar-refractivity contribution in [1.29, 1.82) is 0 Å². The normalized spacial score (nSPS) is 10.5. The molecule has 0 saturated carbocycles. The molecule has 15 heavy (non-hydrogen) atoms. The topological polar surface area (TPSA) is 47.3 Å². The van der Waals surface area contributed by atoms with Crippen molar-refractivity contribution in [2.45, 2.75) is 6.92 Å². The fourth-order valence-corrected chi connectivity index (χ4v) is 1.68. The van der Waals surface area contributed by atoms with Crippen LogP contribution in [0.3, 0.4) is 0 Å². The summed E-state index contributed by atoms with van der Waals surface area (Å²) in [6, 6.07) is 4.33. The Hall–Kier alpha value is -1.61. The van der Waals surface area contributed by atoms with Gasteiger partial charge in [-0.05, 0) is 19.1 Å². The Morgan fingerprint density at radius 3 is 2.73 bits per heavy atom. The van der Waals surface area contributed by atoms with Gasteiger partial charge in [-0.15, -0.1) is 0 Å². The summed E-state index contributed by atoms with van der Waals surface area (Å²) in [6.07, 6.45) is 0.622. The van der Waals surface area contributed by atoms with Crippen LogP contribution in [-0.2, 0) is 0 Å². The van der Waals surface area contributed by atoms with Gasteiger partial charge in [-0.1, -0.05) is 11.6 Å². The molecule has 0 amide bonds. The Balaban J connectivity index is 3.02. The van der Waals surface area contributed by atoms with Gasteiger partial charge in [0.25, 0.3) is 0 Å². The number of carbonyl (C=O) groups is 1. The van der Waals surface area contributed by atoms with E-state index in [1.165, 1.54) is 18.2 Å². The van der Waals surface area contributed by atoms with Crippen molar-refractivity contribution >= 4 is 28.9 Å². The maximum atomic E-state index is 11.6. The Morgan fingerprint density at radius 1 is 1.33 bits per heavy atom. The van der Waals surface area contributed by atoms with Crippen LogP contribution in [0.25, 0.3) is 11.0 Å². The van der Waals surface area contributed by atoms with E-state index in [0.29, 0.717) is 33.6 Å². The first-order chi connectivity index (χ1) is 7.11. The summed E-state index contributed by atoms with van der Waals surface area (Å²) in [6.45, 7) is 1.66. The first kappa shape index (κ1) is 9.93. The third kappa shape index (κ3) is 1.66. The smallest absolute Gasteiger partial charge is 0.193 e. The molecular weight excluding hydrogens is 216 g/mol. The zero-order chi connectivity index (χ0) is 11.0. The molecule has 1 aromatic carbocycles. The van der Waals surface area contributed by atoms with Crippen LogP contribution in [0.1, 0.15) is 16.1 Å². The molecule has 0 spiro atoms. The highest BCUT2D eigenvalue weighted by atomic mass is 35.5. The predicted molar refractivity (Wildman–Crippen MR) is 57.6 cm³/mol.